The van der Waals surface area contributed by atoms with E-state index in [1.54, 1.807) is 0 Å². The van der Waals surface area contributed by atoms with Crippen LogP contribution in [0, 0.1) is 5.92 Å². The molecule has 2 bridgehead atoms. The highest BCUT2D eigenvalue weighted by atomic mass is 16.5. The molecule has 2 heterocycles. The first-order chi connectivity index (χ1) is 10.6. The van der Waals surface area contributed by atoms with Crippen LogP contribution in [0.3, 0.4) is 0 Å². The largest absolute Gasteiger partial charge is 0.379 e. The maximum Gasteiger partial charge on any atom is 0.254 e. The first-order valence-electron chi connectivity index (χ1n) is 7.93. The van der Waals surface area contributed by atoms with E-state index in [4.69, 9.17) is 10.5 Å². The monoisotopic (exact) mass is 303 g/mol. The number of aromatic nitrogens is 2. The van der Waals surface area contributed by atoms with Gasteiger partial charge in [-0.1, -0.05) is 0 Å². The van der Waals surface area contributed by atoms with Crippen LogP contribution in [0.2, 0.25) is 0 Å². The second-order valence-corrected chi connectivity index (χ2v) is 6.76. The first-order valence-corrected chi connectivity index (χ1v) is 7.93. The van der Waals surface area contributed by atoms with E-state index in [1.807, 2.05) is 0 Å². The first kappa shape index (κ1) is 13.8. The minimum atomic E-state index is -0.498. The average molecular weight is 303 g/mol. The Hall–Kier alpha value is -1.89. The summed E-state index contributed by atoms with van der Waals surface area (Å²) in [5, 5.41) is 6.71. The third-order valence-corrected chi connectivity index (χ3v) is 4.97. The number of rotatable bonds is 5. The molecule has 118 valence electrons. The number of nitrogens with two attached hydrogens (primary N) is 1. The quantitative estimate of drug-likeness (QED) is 0.753. The molecule has 5 rings (SSSR count). The van der Waals surface area contributed by atoms with Crippen LogP contribution in [-0.2, 0) is 4.74 Å². The van der Waals surface area contributed by atoms with Gasteiger partial charge in [-0.3, -0.25) is 4.79 Å². The van der Waals surface area contributed by atoms with Crippen LogP contribution in [0.1, 0.15) is 42.5 Å². The molecule has 3 aliphatic carbocycles. The summed E-state index contributed by atoms with van der Waals surface area (Å²) < 4.78 is 5.45. The lowest BCUT2D eigenvalue weighted by atomic mass is 9.50. The summed E-state index contributed by atoms with van der Waals surface area (Å²) in [5.74, 6) is 1.43. The van der Waals surface area contributed by atoms with Crippen LogP contribution in [0.4, 0.5) is 11.8 Å². The zero-order valence-electron chi connectivity index (χ0n) is 12.5. The molecule has 1 aromatic rings. The smallest absolute Gasteiger partial charge is 0.254 e. The van der Waals surface area contributed by atoms with Gasteiger partial charge in [0.15, 0.2) is 0 Å². The molecular weight excluding hydrogens is 282 g/mol. The fraction of sp³-hybridized carbons (Fsp3) is 0.667. The third kappa shape index (κ3) is 2.39. The lowest BCUT2D eigenvalue weighted by molar-refractivity contribution is 0.00177. The van der Waals surface area contributed by atoms with E-state index in [0.717, 1.165) is 44.6 Å². The van der Waals surface area contributed by atoms with Gasteiger partial charge >= 0.3 is 0 Å². The van der Waals surface area contributed by atoms with E-state index < -0.39 is 5.91 Å². The van der Waals surface area contributed by atoms with E-state index in [9.17, 15) is 4.79 Å². The predicted octanol–water partition coefficient (Wildman–Crippen LogP) is 1.13. The summed E-state index contributed by atoms with van der Waals surface area (Å²) >= 11 is 0. The topological polar surface area (TPSA) is 102 Å². The number of carbonyl (C=O) groups is 1. The standard InChI is InChI=1S/C15H21N5O2/c16-12(21)11-7-17-14(18-10-2-1-3-22-8-10)19-13(11)20-15-4-9(5-15)6-15/h7,9-10H,1-6,8H2,(H2,16,21)(H2,17,18,19,20). The molecule has 3 saturated carbocycles. The lowest BCUT2D eigenvalue weighted by Gasteiger charge is -2.62. The Bertz CT molecular complexity index is 583. The van der Waals surface area contributed by atoms with E-state index >= 15 is 0 Å². The highest BCUT2D eigenvalue weighted by Gasteiger charge is 2.57. The summed E-state index contributed by atoms with van der Waals surface area (Å²) in [6.45, 7) is 1.48. The van der Waals surface area contributed by atoms with Crippen molar-refractivity contribution in [3.05, 3.63) is 11.8 Å². The van der Waals surface area contributed by atoms with Crippen LogP contribution in [-0.4, -0.2) is 40.7 Å². The molecule has 4 fully saturated rings. The molecule has 0 radical (unpaired) electrons. The van der Waals surface area contributed by atoms with Gasteiger partial charge in [0.2, 0.25) is 5.95 Å². The normalized spacial score (nSPS) is 32.5. The molecule has 0 spiro atoms. The Morgan fingerprint density at radius 1 is 1.41 bits per heavy atom. The molecule has 7 nitrogen and oxygen atoms in total. The molecule has 1 aliphatic heterocycles. The predicted molar refractivity (Wildman–Crippen MR) is 81.7 cm³/mol. The van der Waals surface area contributed by atoms with Crippen molar-refractivity contribution in [1.29, 1.82) is 0 Å². The molecule has 4 N–H and O–H groups in total. The SMILES string of the molecule is NC(=O)c1cnc(NC2CCCOC2)nc1NC12CC(C1)C2. The number of hydrogen-bond acceptors (Lipinski definition) is 6. The number of anilines is 2. The molecule has 1 atom stereocenters. The molecule has 1 saturated heterocycles. The van der Waals surface area contributed by atoms with Gasteiger partial charge in [0.25, 0.3) is 5.91 Å². The van der Waals surface area contributed by atoms with Crippen LogP contribution in [0.5, 0.6) is 0 Å². The van der Waals surface area contributed by atoms with Crippen molar-refractivity contribution in [1.82, 2.24) is 9.97 Å². The molecule has 1 aromatic heterocycles. The van der Waals surface area contributed by atoms with E-state index in [0.29, 0.717) is 23.9 Å². The maximum atomic E-state index is 11.6. The van der Waals surface area contributed by atoms with Gasteiger partial charge in [0, 0.05) is 18.3 Å². The van der Waals surface area contributed by atoms with Gasteiger partial charge < -0.3 is 21.1 Å². The zero-order valence-corrected chi connectivity index (χ0v) is 12.5. The Morgan fingerprint density at radius 3 is 2.82 bits per heavy atom. The number of primary amides is 1. The van der Waals surface area contributed by atoms with Crippen molar-refractivity contribution >= 4 is 17.7 Å². The molecule has 1 unspecified atom stereocenters. The van der Waals surface area contributed by atoms with Gasteiger partial charge in [0.1, 0.15) is 5.82 Å². The summed E-state index contributed by atoms with van der Waals surface area (Å²) in [6.07, 6.45) is 7.06. The van der Waals surface area contributed by atoms with Crippen molar-refractivity contribution in [2.24, 2.45) is 11.7 Å². The van der Waals surface area contributed by atoms with Crippen molar-refractivity contribution in [3.63, 3.8) is 0 Å². The Balaban J connectivity index is 1.53. The Morgan fingerprint density at radius 2 is 2.23 bits per heavy atom. The Labute approximate surface area is 129 Å². The molecule has 22 heavy (non-hydrogen) atoms. The Kier molecular flexibility index (Phi) is 3.18. The van der Waals surface area contributed by atoms with Crippen LogP contribution < -0.4 is 16.4 Å². The zero-order chi connectivity index (χ0) is 15.2. The number of ether oxygens (including phenoxy) is 1. The third-order valence-electron chi connectivity index (χ3n) is 4.97. The van der Waals surface area contributed by atoms with E-state index in [2.05, 4.69) is 20.6 Å². The average Bonchev–Trinajstić information content (AvgIpc) is 2.42. The van der Waals surface area contributed by atoms with Crippen LogP contribution in [0.15, 0.2) is 6.20 Å². The van der Waals surface area contributed by atoms with Crippen LogP contribution >= 0.6 is 0 Å². The summed E-state index contributed by atoms with van der Waals surface area (Å²) in [6, 6.07) is 0.218. The minimum absolute atomic E-state index is 0.133. The van der Waals surface area contributed by atoms with Gasteiger partial charge in [-0.05, 0) is 38.0 Å². The second kappa shape index (κ2) is 5.08. The van der Waals surface area contributed by atoms with Gasteiger partial charge in [-0.2, -0.15) is 4.98 Å². The summed E-state index contributed by atoms with van der Waals surface area (Å²) in [5.41, 5.74) is 5.93. The van der Waals surface area contributed by atoms with Crippen molar-refractivity contribution in [2.75, 3.05) is 23.8 Å². The van der Waals surface area contributed by atoms with E-state index in [1.165, 1.54) is 6.20 Å². The fourth-order valence-corrected chi connectivity index (χ4v) is 3.65. The number of amides is 1. The van der Waals surface area contributed by atoms with Crippen molar-refractivity contribution in [2.45, 2.75) is 43.7 Å². The number of hydrogen-bond donors (Lipinski definition) is 3. The maximum absolute atomic E-state index is 11.6. The molecular formula is C15H21N5O2. The van der Waals surface area contributed by atoms with Crippen LogP contribution in [0.25, 0.3) is 0 Å². The molecule has 7 heteroatoms. The molecule has 4 aliphatic rings. The highest BCUT2D eigenvalue weighted by molar-refractivity contribution is 5.97. The minimum Gasteiger partial charge on any atom is -0.379 e. The molecule has 1 amide bonds. The highest BCUT2D eigenvalue weighted by Crippen LogP contribution is 2.58. The number of carbonyl (C=O) groups excluding carboxylic acids is 1. The van der Waals surface area contributed by atoms with Crippen molar-refractivity contribution in [3.8, 4) is 0 Å². The summed E-state index contributed by atoms with van der Waals surface area (Å²) in [4.78, 5) is 20.3. The lowest BCUT2D eigenvalue weighted by Crippen LogP contribution is -2.63. The van der Waals surface area contributed by atoms with Gasteiger partial charge in [0.05, 0.1) is 18.2 Å². The van der Waals surface area contributed by atoms with Gasteiger partial charge in [-0.15, -0.1) is 0 Å². The molecule has 0 aromatic carbocycles. The fourth-order valence-electron chi connectivity index (χ4n) is 3.65. The number of nitrogens with zero attached hydrogens (tertiary/aromatic N) is 2. The second-order valence-electron chi connectivity index (χ2n) is 6.76. The summed E-state index contributed by atoms with van der Waals surface area (Å²) in [7, 11) is 0. The number of nitrogens with one attached hydrogen (secondary N) is 2. The van der Waals surface area contributed by atoms with Gasteiger partial charge in [-0.25, -0.2) is 4.98 Å². The van der Waals surface area contributed by atoms with E-state index in [-0.39, 0.29) is 11.6 Å². The van der Waals surface area contributed by atoms with Crippen molar-refractivity contribution < 1.29 is 9.53 Å².